The van der Waals surface area contributed by atoms with E-state index in [1.54, 1.807) is 0 Å². The minimum atomic E-state index is -0.866. The highest BCUT2D eigenvalue weighted by Gasteiger charge is 2.30. The van der Waals surface area contributed by atoms with Crippen molar-refractivity contribution in [1.82, 2.24) is 0 Å². The molecule has 0 bridgehead atoms. The van der Waals surface area contributed by atoms with Gasteiger partial charge in [-0.15, -0.1) is 0 Å². The van der Waals surface area contributed by atoms with Crippen LogP contribution in [0, 0.1) is 5.92 Å². The van der Waals surface area contributed by atoms with E-state index in [0.717, 1.165) is 0 Å². The van der Waals surface area contributed by atoms with E-state index in [1.165, 1.54) is 43.4 Å². The van der Waals surface area contributed by atoms with Crippen molar-refractivity contribution in [1.29, 1.82) is 0 Å². The summed E-state index contributed by atoms with van der Waals surface area (Å²) in [5.74, 6) is -5.08. The third-order valence-electron chi connectivity index (χ3n) is 4.94. The average Bonchev–Trinajstić information content (AvgIpc) is 3.17. The van der Waals surface area contributed by atoms with Gasteiger partial charge in [-0.25, -0.2) is 19.2 Å². The quantitative estimate of drug-likeness (QED) is 0.294. The number of hydrogen-bond donors (Lipinski definition) is 0. The maximum absolute atomic E-state index is 12.5. The molecule has 1 unspecified atom stereocenters. The summed E-state index contributed by atoms with van der Waals surface area (Å²) < 4.78 is 24.9. The van der Waals surface area contributed by atoms with E-state index < -0.39 is 41.7 Å². The molecule has 1 aromatic carbocycles. The summed E-state index contributed by atoms with van der Waals surface area (Å²) in [5, 5.41) is 0. The van der Waals surface area contributed by atoms with Crippen LogP contribution in [-0.2, 0) is 38.1 Å². The number of fused-ring (bicyclic) bond motifs is 1. The number of ether oxygens (including phenoxy) is 5. The van der Waals surface area contributed by atoms with Gasteiger partial charge in [-0.05, 0) is 29.8 Å². The van der Waals surface area contributed by atoms with Crippen LogP contribution in [0.3, 0.4) is 0 Å². The lowest BCUT2D eigenvalue weighted by atomic mass is 10.1. The van der Waals surface area contributed by atoms with Crippen molar-refractivity contribution in [3.05, 3.63) is 70.8 Å². The summed E-state index contributed by atoms with van der Waals surface area (Å²) in [7, 11) is 0. The molecule has 0 radical (unpaired) electrons. The molecule has 0 fully saturated rings. The minimum absolute atomic E-state index is 0.00302. The second kappa shape index (κ2) is 11.7. The van der Waals surface area contributed by atoms with Gasteiger partial charge in [0.2, 0.25) is 0 Å². The Bertz CT molecular complexity index is 1190. The number of hydrogen-bond acceptors (Lipinski definition) is 11. The van der Waals surface area contributed by atoms with Gasteiger partial charge in [0.05, 0.1) is 34.6 Å². The Hall–Kier alpha value is -4.54. The van der Waals surface area contributed by atoms with Gasteiger partial charge in [0, 0.05) is 6.92 Å². The van der Waals surface area contributed by atoms with Crippen LogP contribution in [0.5, 0.6) is 0 Å². The molecule has 2 aliphatic rings. The lowest BCUT2D eigenvalue weighted by molar-refractivity contribution is -0.146. The molecular weight excluding hydrogens is 476 g/mol. The van der Waals surface area contributed by atoms with Crippen LogP contribution in [0.1, 0.15) is 44.4 Å². The predicted octanol–water partition coefficient (Wildman–Crippen LogP) is 1.86. The molecule has 11 nitrogen and oxygen atoms in total. The van der Waals surface area contributed by atoms with E-state index in [9.17, 15) is 28.8 Å². The average molecular weight is 498 g/mol. The Kier molecular flexibility index (Phi) is 8.50. The molecule has 1 aromatic rings. The van der Waals surface area contributed by atoms with Crippen LogP contribution >= 0.6 is 0 Å². The second-order valence-corrected chi connectivity index (χ2v) is 7.82. The van der Waals surface area contributed by atoms with Gasteiger partial charge in [0.1, 0.15) is 26.4 Å². The lowest BCUT2D eigenvalue weighted by Crippen LogP contribution is -2.26. The number of rotatable bonds is 8. The molecule has 0 saturated carbocycles. The first-order valence-corrected chi connectivity index (χ1v) is 10.7. The molecule has 2 aliphatic heterocycles. The van der Waals surface area contributed by atoms with Gasteiger partial charge in [-0.2, -0.15) is 0 Å². The highest BCUT2D eigenvalue weighted by Crippen LogP contribution is 2.22. The number of esters is 6. The van der Waals surface area contributed by atoms with Crippen molar-refractivity contribution in [3.8, 4) is 0 Å². The summed E-state index contributed by atoms with van der Waals surface area (Å²) >= 11 is 0. The highest BCUT2D eigenvalue weighted by atomic mass is 16.6. The van der Waals surface area contributed by atoms with E-state index in [4.69, 9.17) is 18.9 Å². The van der Waals surface area contributed by atoms with Crippen LogP contribution in [0.25, 0.3) is 0 Å². The van der Waals surface area contributed by atoms with Crippen molar-refractivity contribution in [2.24, 2.45) is 5.92 Å². The Labute approximate surface area is 205 Å². The maximum atomic E-state index is 12.5. The highest BCUT2D eigenvalue weighted by molar-refractivity contribution is 6.15. The molecule has 0 saturated heterocycles. The first kappa shape index (κ1) is 26.1. The largest absolute Gasteiger partial charge is 0.465 e. The smallest absolute Gasteiger partial charge is 0.346 e. The van der Waals surface area contributed by atoms with Crippen molar-refractivity contribution < 1.29 is 52.5 Å². The molecule has 2 heterocycles. The fraction of sp³-hybridized carbons (Fsp3) is 0.280. The summed E-state index contributed by atoms with van der Waals surface area (Å²) in [4.78, 5) is 71.2. The molecule has 3 rings (SSSR count). The normalized spacial score (nSPS) is 18.2. The van der Waals surface area contributed by atoms with Crippen molar-refractivity contribution in [2.45, 2.75) is 13.3 Å². The van der Waals surface area contributed by atoms with Gasteiger partial charge >= 0.3 is 35.8 Å². The number of carbonyl (C=O) groups is 6. The predicted molar refractivity (Wildman–Crippen MR) is 119 cm³/mol. The molecule has 36 heavy (non-hydrogen) atoms. The summed E-state index contributed by atoms with van der Waals surface area (Å²) in [6.45, 7) is 4.13. The first-order chi connectivity index (χ1) is 17.1. The van der Waals surface area contributed by atoms with E-state index >= 15 is 0 Å². The topological polar surface area (TPSA) is 149 Å². The Morgan fingerprint density at radius 3 is 2.33 bits per heavy atom. The van der Waals surface area contributed by atoms with Gasteiger partial charge < -0.3 is 23.7 Å². The summed E-state index contributed by atoms with van der Waals surface area (Å²) in [5.41, 5.74) is 0.561. The second-order valence-electron chi connectivity index (χ2n) is 7.82. The van der Waals surface area contributed by atoms with E-state index in [2.05, 4.69) is 11.3 Å². The summed E-state index contributed by atoms with van der Waals surface area (Å²) in [6, 6.07) is 3.76. The van der Waals surface area contributed by atoms with Crippen LogP contribution < -0.4 is 0 Å². The van der Waals surface area contributed by atoms with Crippen molar-refractivity contribution in [3.63, 3.8) is 0 Å². The number of benzene rings is 1. The van der Waals surface area contributed by atoms with Gasteiger partial charge in [-0.3, -0.25) is 9.59 Å². The molecule has 0 spiro atoms. The molecule has 0 amide bonds. The molecule has 0 aliphatic carbocycles. The van der Waals surface area contributed by atoms with Crippen LogP contribution in [0.2, 0.25) is 0 Å². The van der Waals surface area contributed by atoms with Crippen LogP contribution in [-0.4, -0.2) is 62.2 Å². The van der Waals surface area contributed by atoms with Crippen molar-refractivity contribution >= 4 is 35.8 Å². The Balaban J connectivity index is 1.62. The minimum Gasteiger partial charge on any atom is -0.465 e. The van der Waals surface area contributed by atoms with Crippen molar-refractivity contribution in [2.75, 3.05) is 26.4 Å². The third-order valence-corrected chi connectivity index (χ3v) is 4.94. The standard InChI is InChI=1S/C25H22O11/c1-14-3-4-17(6-8-21(27)33-10-14)22(28)34-12-16(11-32-15(2)26)13-35-23(29)18-5-7-19-20(9-18)25(31)36-24(19)30/h3-7,9,16H,1,8,10-13H2,2H3/b4-3-,17-6+. The first-order valence-electron chi connectivity index (χ1n) is 10.7. The van der Waals surface area contributed by atoms with E-state index in [1.807, 2.05) is 0 Å². The zero-order valence-electron chi connectivity index (χ0n) is 19.3. The van der Waals surface area contributed by atoms with Gasteiger partial charge in [0.15, 0.2) is 0 Å². The summed E-state index contributed by atoms with van der Waals surface area (Å²) in [6.07, 6.45) is 4.17. The molecule has 1 atom stereocenters. The molecule has 0 N–H and O–H groups in total. The fourth-order valence-corrected chi connectivity index (χ4v) is 3.05. The third kappa shape index (κ3) is 6.98. The maximum Gasteiger partial charge on any atom is 0.346 e. The lowest BCUT2D eigenvalue weighted by Gasteiger charge is -2.17. The fourth-order valence-electron chi connectivity index (χ4n) is 3.05. The number of carbonyl (C=O) groups excluding carboxylic acids is 6. The van der Waals surface area contributed by atoms with E-state index in [0.29, 0.717) is 5.57 Å². The number of cyclic esters (lactones) is 3. The molecule has 0 aromatic heterocycles. The van der Waals surface area contributed by atoms with E-state index in [-0.39, 0.29) is 55.1 Å². The van der Waals surface area contributed by atoms with Gasteiger partial charge in [0.25, 0.3) is 0 Å². The molecule has 11 heteroatoms. The van der Waals surface area contributed by atoms with Crippen LogP contribution in [0.15, 0.2) is 54.2 Å². The monoisotopic (exact) mass is 498 g/mol. The zero-order chi connectivity index (χ0) is 26.2. The molecular formula is C25H22O11. The molecule has 188 valence electrons. The Morgan fingerprint density at radius 2 is 1.61 bits per heavy atom. The zero-order valence-corrected chi connectivity index (χ0v) is 19.3. The van der Waals surface area contributed by atoms with Crippen LogP contribution in [0.4, 0.5) is 0 Å². The SMILES string of the molecule is C=C1/C=C\C(C(=O)OCC(COC(C)=O)COC(=O)c2ccc3c(c2)C(=O)OC3=O)=C/CC(=O)OC1. The Morgan fingerprint density at radius 1 is 0.944 bits per heavy atom. The van der Waals surface area contributed by atoms with Gasteiger partial charge in [-0.1, -0.05) is 18.7 Å².